The van der Waals surface area contributed by atoms with Gasteiger partial charge in [0, 0.05) is 13.0 Å². The first-order valence-electron chi connectivity index (χ1n) is 6.94. The number of carboxylic acid groups (broad SMARTS) is 1. The largest absolute Gasteiger partial charge is 0.481 e. The second-order valence-corrected chi connectivity index (χ2v) is 6.38. The molecule has 0 spiro atoms. The molecule has 0 radical (unpaired) electrons. The molecule has 0 heterocycles. The van der Waals surface area contributed by atoms with Crippen molar-refractivity contribution in [3.63, 3.8) is 0 Å². The van der Waals surface area contributed by atoms with Gasteiger partial charge in [-0.3, -0.25) is 4.79 Å². The molecule has 1 rings (SSSR count). The molecule has 0 saturated heterocycles. The minimum Gasteiger partial charge on any atom is -0.481 e. The topological polar surface area (TPSA) is 83.5 Å². The minimum atomic E-state index is -3.41. The van der Waals surface area contributed by atoms with Gasteiger partial charge in [-0.25, -0.2) is 13.1 Å². The molecule has 0 fully saturated rings. The van der Waals surface area contributed by atoms with Crippen LogP contribution in [0.15, 0.2) is 47.4 Å². The summed E-state index contributed by atoms with van der Waals surface area (Å²) in [6, 6.07) is 8.27. The zero-order valence-corrected chi connectivity index (χ0v) is 12.7. The molecule has 0 unspecified atom stereocenters. The number of unbranched alkanes of at least 4 members (excludes halogenated alkanes) is 2. The Balaban J connectivity index is 2.17. The molecular weight excluding hydrogens is 290 g/mol. The fourth-order valence-electron chi connectivity index (χ4n) is 1.72. The third kappa shape index (κ3) is 7.63. The minimum absolute atomic E-state index is 0.182. The Hall–Kier alpha value is -1.66. The van der Waals surface area contributed by atoms with E-state index in [0.717, 1.165) is 12.8 Å². The van der Waals surface area contributed by atoms with Crippen molar-refractivity contribution in [2.75, 3.05) is 6.54 Å². The third-order valence-electron chi connectivity index (χ3n) is 2.82. The van der Waals surface area contributed by atoms with E-state index in [2.05, 4.69) is 4.72 Å². The van der Waals surface area contributed by atoms with Crippen molar-refractivity contribution < 1.29 is 18.3 Å². The van der Waals surface area contributed by atoms with E-state index in [1.165, 1.54) is 0 Å². The van der Waals surface area contributed by atoms with Crippen LogP contribution in [-0.2, 0) is 14.8 Å². The van der Waals surface area contributed by atoms with Crippen LogP contribution in [0, 0.1) is 0 Å². The van der Waals surface area contributed by atoms with Crippen LogP contribution in [0.1, 0.15) is 32.1 Å². The summed E-state index contributed by atoms with van der Waals surface area (Å²) in [6.07, 6.45) is 6.93. The maximum atomic E-state index is 11.9. The lowest BCUT2D eigenvalue weighted by molar-refractivity contribution is -0.137. The molecule has 0 aromatic heterocycles. The average molecular weight is 311 g/mol. The maximum Gasteiger partial charge on any atom is 0.303 e. The highest BCUT2D eigenvalue weighted by Crippen LogP contribution is 2.07. The van der Waals surface area contributed by atoms with Gasteiger partial charge in [-0.05, 0) is 37.8 Å². The van der Waals surface area contributed by atoms with Gasteiger partial charge in [0.15, 0.2) is 0 Å². The number of allylic oxidation sites excluding steroid dienone is 2. The summed E-state index contributed by atoms with van der Waals surface area (Å²) in [5, 5.41) is 8.47. The molecule has 0 atom stereocenters. The fraction of sp³-hybridized carbons (Fsp3) is 0.400. The van der Waals surface area contributed by atoms with E-state index < -0.39 is 16.0 Å². The van der Waals surface area contributed by atoms with Crippen molar-refractivity contribution in [3.05, 3.63) is 42.5 Å². The lowest BCUT2D eigenvalue weighted by Gasteiger charge is -2.05. The molecule has 0 bridgehead atoms. The Morgan fingerprint density at radius 1 is 1.10 bits per heavy atom. The van der Waals surface area contributed by atoms with E-state index in [9.17, 15) is 13.2 Å². The van der Waals surface area contributed by atoms with Gasteiger partial charge in [0.25, 0.3) is 0 Å². The van der Waals surface area contributed by atoms with Gasteiger partial charge in [0.2, 0.25) is 10.0 Å². The summed E-state index contributed by atoms with van der Waals surface area (Å²) in [7, 11) is -3.41. The van der Waals surface area contributed by atoms with E-state index in [0.29, 0.717) is 19.4 Å². The zero-order valence-electron chi connectivity index (χ0n) is 11.9. The normalized spacial score (nSPS) is 11.8. The highest BCUT2D eigenvalue weighted by molar-refractivity contribution is 7.89. The first-order chi connectivity index (χ1) is 10.0. The van der Waals surface area contributed by atoms with Crippen LogP contribution >= 0.6 is 0 Å². The monoisotopic (exact) mass is 311 g/mol. The Morgan fingerprint density at radius 3 is 2.33 bits per heavy atom. The Labute approximate surface area is 125 Å². The Kier molecular flexibility index (Phi) is 7.71. The Morgan fingerprint density at radius 2 is 1.71 bits per heavy atom. The molecule has 21 heavy (non-hydrogen) atoms. The first kappa shape index (κ1) is 17.4. The van der Waals surface area contributed by atoms with Crippen molar-refractivity contribution in [1.82, 2.24) is 4.72 Å². The van der Waals surface area contributed by atoms with Gasteiger partial charge in [-0.15, -0.1) is 0 Å². The summed E-state index contributed by atoms with van der Waals surface area (Å²) < 4.78 is 26.3. The number of rotatable bonds is 10. The highest BCUT2D eigenvalue weighted by atomic mass is 32.2. The predicted octanol–water partition coefficient (Wildman–Crippen LogP) is 2.56. The quantitative estimate of drug-likeness (QED) is 0.514. The second kappa shape index (κ2) is 9.31. The van der Waals surface area contributed by atoms with Crippen LogP contribution in [0.4, 0.5) is 0 Å². The second-order valence-electron chi connectivity index (χ2n) is 4.61. The number of hydrogen-bond donors (Lipinski definition) is 2. The van der Waals surface area contributed by atoms with Crippen LogP contribution in [0.5, 0.6) is 0 Å². The summed E-state index contributed by atoms with van der Waals surface area (Å²) >= 11 is 0. The van der Waals surface area contributed by atoms with Crippen LogP contribution in [-0.4, -0.2) is 26.0 Å². The van der Waals surface area contributed by atoms with E-state index in [1.54, 1.807) is 30.3 Å². The maximum absolute atomic E-state index is 11.9. The molecular formula is C15H21NO4S. The number of benzene rings is 1. The molecule has 6 heteroatoms. The van der Waals surface area contributed by atoms with Gasteiger partial charge in [-0.1, -0.05) is 30.4 Å². The van der Waals surface area contributed by atoms with Crippen molar-refractivity contribution >= 4 is 16.0 Å². The van der Waals surface area contributed by atoms with Gasteiger partial charge in [0.05, 0.1) is 4.90 Å². The molecule has 0 amide bonds. The highest BCUT2D eigenvalue weighted by Gasteiger charge is 2.11. The summed E-state index contributed by atoms with van der Waals surface area (Å²) in [4.78, 5) is 10.6. The molecule has 116 valence electrons. The smallest absolute Gasteiger partial charge is 0.303 e. The van der Waals surface area contributed by atoms with E-state index in [1.807, 2.05) is 12.2 Å². The van der Waals surface area contributed by atoms with E-state index >= 15 is 0 Å². The molecule has 0 aliphatic carbocycles. The SMILES string of the molecule is O=C(O)CCC/C=C/CCCNS(=O)(=O)c1ccccc1. The number of carboxylic acids is 1. The summed E-state index contributed by atoms with van der Waals surface area (Å²) in [6.45, 7) is 0.386. The summed E-state index contributed by atoms with van der Waals surface area (Å²) in [5.41, 5.74) is 0. The lowest BCUT2D eigenvalue weighted by atomic mass is 10.2. The van der Waals surface area contributed by atoms with Crippen molar-refractivity contribution in [1.29, 1.82) is 0 Å². The van der Waals surface area contributed by atoms with Gasteiger partial charge < -0.3 is 5.11 Å². The van der Waals surface area contributed by atoms with Crippen LogP contribution < -0.4 is 4.72 Å². The van der Waals surface area contributed by atoms with Crippen molar-refractivity contribution in [3.8, 4) is 0 Å². The molecule has 2 N–H and O–H groups in total. The summed E-state index contributed by atoms with van der Waals surface area (Å²) in [5.74, 6) is -0.779. The fourth-order valence-corrected chi connectivity index (χ4v) is 2.81. The van der Waals surface area contributed by atoms with E-state index in [4.69, 9.17) is 5.11 Å². The number of aliphatic carboxylic acids is 1. The molecule has 1 aromatic carbocycles. The van der Waals surface area contributed by atoms with Crippen LogP contribution in [0.25, 0.3) is 0 Å². The van der Waals surface area contributed by atoms with Crippen molar-refractivity contribution in [2.24, 2.45) is 0 Å². The number of carbonyl (C=O) groups is 1. The zero-order chi connectivity index (χ0) is 15.6. The standard InChI is InChI=1S/C15H21NO4S/c17-15(18)12-8-3-1-2-4-9-13-16-21(19,20)14-10-6-5-7-11-14/h1-2,5-7,10-11,16H,3-4,8-9,12-13H2,(H,17,18)/b2-1+. The predicted molar refractivity (Wildman–Crippen MR) is 81.5 cm³/mol. The number of hydrogen-bond acceptors (Lipinski definition) is 3. The number of sulfonamides is 1. The van der Waals surface area contributed by atoms with Crippen molar-refractivity contribution in [2.45, 2.75) is 37.0 Å². The van der Waals surface area contributed by atoms with E-state index in [-0.39, 0.29) is 11.3 Å². The van der Waals surface area contributed by atoms with Gasteiger partial charge in [-0.2, -0.15) is 0 Å². The Bertz CT molecular complexity index is 552. The van der Waals surface area contributed by atoms with Gasteiger partial charge in [0.1, 0.15) is 0 Å². The molecule has 5 nitrogen and oxygen atoms in total. The van der Waals surface area contributed by atoms with Gasteiger partial charge >= 0.3 is 5.97 Å². The molecule has 0 aliphatic heterocycles. The lowest BCUT2D eigenvalue weighted by Crippen LogP contribution is -2.24. The molecule has 0 aliphatic rings. The average Bonchev–Trinajstić information content (AvgIpc) is 2.46. The first-order valence-corrected chi connectivity index (χ1v) is 8.42. The third-order valence-corrected chi connectivity index (χ3v) is 4.30. The number of nitrogens with one attached hydrogen (secondary N) is 1. The molecule has 0 saturated carbocycles. The van der Waals surface area contributed by atoms with Crippen LogP contribution in [0.2, 0.25) is 0 Å². The van der Waals surface area contributed by atoms with Crippen LogP contribution in [0.3, 0.4) is 0 Å². The molecule has 1 aromatic rings.